The summed E-state index contributed by atoms with van der Waals surface area (Å²) in [6.07, 6.45) is 1.49. The average Bonchev–Trinajstić information content (AvgIpc) is 2.51. The van der Waals surface area contributed by atoms with Crippen molar-refractivity contribution < 1.29 is 14.3 Å². The first-order valence-corrected chi connectivity index (χ1v) is 7.93. The molecule has 0 saturated heterocycles. The lowest BCUT2D eigenvalue weighted by Crippen LogP contribution is -2.47. The van der Waals surface area contributed by atoms with Crippen molar-refractivity contribution in [3.05, 3.63) is 64.7 Å². The minimum Gasteiger partial charge on any atom is -0.388 e. The first-order chi connectivity index (χ1) is 11.6. The van der Waals surface area contributed by atoms with E-state index in [9.17, 15) is 14.3 Å². The van der Waals surface area contributed by atoms with Crippen molar-refractivity contribution in [2.45, 2.75) is 39.3 Å². The fraction of sp³-hybridized carbons (Fsp3) is 0.300. The number of carbonyl (C=O) groups is 1. The molecule has 130 valence electrons. The van der Waals surface area contributed by atoms with Gasteiger partial charge in [0.1, 0.15) is 11.5 Å². The van der Waals surface area contributed by atoms with E-state index in [4.69, 9.17) is 0 Å². The van der Waals surface area contributed by atoms with Gasteiger partial charge in [0.05, 0.1) is 11.6 Å². The van der Waals surface area contributed by atoms with Crippen molar-refractivity contribution in [2.24, 2.45) is 0 Å². The summed E-state index contributed by atoms with van der Waals surface area (Å²) in [6.45, 7) is 6.77. The zero-order chi connectivity index (χ0) is 18.6. The molecule has 25 heavy (non-hydrogen) atoms. The van der Waals surface area contributed by atoms with E-state index in [0.29, 0.717) is 11.1 Å². The lowest BCUT2D eigenvalue weighted by atomic mass is 10.0. The Morgan fingerprint density at radius 1 is 1.24 bits per heavy atom. The first kappa shape index (κ1) is 18.6. The first-order valence-electron chi connectivity index (χ1n) is 7.93. The quantitative estimate of drug-likeness (QED) is 0.845. The number of nitrogens with zero attached hydrogens (tertiary/aromatic N) is 1. The van der Waals surface area contributed by atoms with Crippen LogP contribution in [0.3, 0.4) is 0 Å². The molecule has 1 amide bonds. The number of rotatable bonds is 3. The zero-order valence-electron chi connectivity index (χ0n) is 14.7. The van der Waals surface area contributed by atoms with Gasteiger partial charge in [0.15, 0.2) is 0 Å². The molecular formula is C20H21FN2O2. The number of nitrogens with one attached hydrogen (secondary N) is 1. The Balaban J connectivity index is 2.10. The Morgan fingerprint density at radius 3 is 2.48 bits per heavy atom. The number of benzene rings is 1. The van der Waals surface area contributed by atoms with Gasteiger partial charge in [-0.15, -0.1) is 0 Å². The van der Waals surface area contributed by atoms with Crippen molar-refractivity contribution in [3.8, 4) is 11.8 Å². The van der Waals surface area contributed by atoms with Gasteiger partial charge in [0.25, 0.3) is 5.91 Å². The molecule has 1 heterocycles. The summed E-state index contributed by atoms with van der Waals surface area (Å²) in [7, 11) is 0. The molecule has 0 bridgehead atoms. The van der Waals surface area contributed by atoms with E-state index in [0.717, 1.165) is 5.56 Å². The van der Waals surface area contributed by atoms with E-state index in [1.807, 2.05) is 0 Å². The third kappa shape index (κ3) is 5.40. The Hall–Kier alpha value is -2.71. The van der Waals surface area contributed by atoms with Crippen molar-refractivity contribution >= 4 is 5.91 Å². The molecule has 1 atom stereocenters. The van der Waals surface area contributed by atoms with E-state index in [2.05, 4.69) is 22.1 Å². The topological polar surface area (TPSA) is 62.2 Å². The highest BCUT2D eigenvalue weighted by Crippen LogP contribution is 2.09. The normalized spacial score (nSPS) is 12.1. The van der Waals surface area contributed by atoms with Gasteiger partial charge < -0.3 is 10.4 Å². The number of amides is 1. The van der Waals surface area contributed by atoms with Crippen LogP contribution in [0.2, 0.25) is 0 Å². The molecule has 2 N–H and O–H groups in total. The van der Waals surface area contributed by atoms with Gasteiger partial charge in [-0.2, -0.15) is 0 Å². The van der Waals surface area contributed by atoms with Gasteiger partial charge >= 0.3 is 0 Å². The van der Waals surface area contributed by atoms with E-state index in [1.165, 1.54) is 18.3 Å². The molecule has 0 saturated carbocycles. The fourth-order valence-electron chi connectivity index (χ4n) is 2.00. The number of carbonyl (C=O) groups excluding carboxylic acids is 1. The third-order valence-electron chi connectivity index (χ3n) is 3.80. The third-order valence-corrected chi connectivity index (χ3v) is 3.80. The lowest BCUT2D eigenvalue weighted by Gasteiger charge is -2.26. The van der Waals surface area contributed by atoms with E-state index >= 15 is 0 Å². The highest BCUT2D eigenvalue weighted by molar-refractivity contribution is 5.92. The van der Waals surface area contributed by atoms with Crippen molar-refractivity contribution in [1.82, 2.24) is 10.3 Å². The number of hydrogen-bond donors (Lipinski definition) is 2. The van der Waals surface area contributed by atoms with Crippen LogP contribution in [-0.2, 0) is 0 Å². The minimum atomic E-state index is -1.02. The van der Waals surface area contributed by atoms with Crippen LogP contribution >= 0.6 is 0 Å². The molecule has 0 fully saturated rings. The van der Waals surface area contributed by atoms with Crippen LogP contribution in [0.5, 0.6) is 0 Å². The van der Waals surface area contributed by atoms with Gasteiger partial charge in [0.2, 0.25) is 0 Å². The lowest BCUT2D eigenvalue weighted by molar-refractivity contribution is 0.0407. The predicted octanol–water partition coefficient (Wildman–Crippen LogP) is 2.82. The summed E-state index contributed by atoms with van der Waals surface area (Å²) >= 11 is 0. The van der Waals surface area contributed by atoms with Crippen LogP contribution < -0.4 is 5.32 Å². The number of aryl methyl sites for hydroxylation is 1. The maximum Gasteiger partial charge on any atom is 0.270 e. The van der Waals surface area contributed by atoms with E-state index < -0.39 is 11.6 Å². The van der Waals surface area contributed by atoms with Gasteiger partial charge in [-0.3, -0.25) is 4.79 Å². The molecular weight excluding hydrogens is 319 g/mol. The van der Waals surface area contributed by atoms with Crippen LogP contribution in [0.15, 0.2) is 36.5 Å². The SMILES string of the molecule is Cc1cc(F)cc(C#Cc2ccc(C(=O)NC(C)C(C)(C)O)nc2)c1. The Bertz CT molecular complexity index is 807. The summed E-state index contributed by atoms with van der Waals surface area (Å²) in [4.78, 5) is 16.2. The number of pyridine rings is 1. The van der Waals surface area contributed by atoms with Crippen molar-refractivity contribution in [1.29, 1.82) is 0 Å². The maximum absolute atomic E-state index is 13.3. The minimum absolute atomic E-state index is 0.239. The smallest absolute Gasteiger partial charge is 0.270 e. The van der Waals surface area contributed by atoms with Gasteiger partial charge in [-0.1, -0.05) is 11.8 Å². The molecule has 2 aromatic rings. The van der Waals surface area contributed by atoms with Crippen molar-refractivity contribution in [2.75, 3.05) is 0 Å². The summed E-state index contributed by atoms with van der Waals surface area (Å²) in [5.41, 5.74) is 1.22. The number of halogens is 1. The molecule has 0 aliphatic carbocycles. The molecule has 1 aromatic carbocycles. The Morgan fingerprint density at radius 2 is 1.92 bits per heavy atom. The summed E-state index contributed by atoms with van der Waals surface area (Å²) in [6, 6.07) is 7.42. The van der Waals surface area contributed by atoms with E-state index in [1.54, 1.807) is 45.9 Å². The number of hydrogen-bond acceptors (Lipinski definition) is 3. The fourth-order valence-corrected chi connectivity index (χ4v) is 2.00. The summed E-state index contributed by atoms with van der Waals surface area (Å²) in [5.74, 6) is 5.09. The van der Waals surface area contributed by atoms with Gasteiger partial charge in [-0.25, -0.2) is 9.37 Å². The second kappa shape index (κ2) is 7.45. The number of aromatic nitrogens is 1. The summed E-state index contributed by atoms with van der Waals surface area (Å²) < 4.78 is 13.3. The molecule has 4 nitrogen and oxygen atoms in total. The van der Waals surface area contributed by atoms with E-state index in [-0.39, 0.29) is 17.4 Å². The van der Waals surface area contributed by atoms with Crippen LogP contribution in [0.4, 0.5) is 4.39 Å². The Kier molecular flexibility index (Phi) is 5.55. The molecule has 0 radical (unpaired) electrons. The monoisotopic (exact) mass is 340 g/mol. The molecule has 1 unspecified atom stereocenters. The highest BCUT2D eigenvalue weighted by Gasteiger charge is 2.24. The van der Waals surface area contributed by atoms with Gasteiger partial charge in [-0.05, 0) is 63.6 Å². The molecule has 0 aliphatic heterocycles. The second-order valence-corrected chi connectivity index (χ2v) is 6.55. The number of aliphatic hydroxyl groups is 1. The van der Waals surface area contributed by atoms with Crippen molar-refractivity contribution in [3.63, 3.8) is 0 Å². The Labute approximate surface area is 147 Å². The second-order valence-electron chi connectivity index (χ2n) is 6.55. The van der Waals surface area contributed by atoms with Gasteiger partial charge in [0, 0.05) is 17.3 Å². The molecule has 0 spiro atoms. The molecule has 5 heteroatoms. The largest absolute Gasteiger partial charge is 0.388 e. The van der Waals surface area contributed by atoms with Crippen LogP contribution in [-0.4, -0.2) is 27.6 Å². The average molecular weight is 340 g/mol. The van der Waals surface area contributed by atoms with Crippen LogP contribution in [0, 0.1) is 24.6 Å². The molecule has 2 rings (SSSR count). The predicted molar refractivity (Wildman–Crippen MR) is 94.6 cm³/mol. The molecule has 1 aromatic heterocycles. The highest BCUT2D eigenvalue weighted by atomic mass is 19.1. The standard InChI is InChI=1S/C20H21FN2O2/c1-13-9-16(11-17(21)10-13)6-5-15-7-8-18(22-12-15)19(24)23-14(2)20(3,4)25/h7-12,14,25H,1-4H3,(H,23,24). The van der Waals surface area contributed by atoms with Crippen LogP contribution in [0.25, 0.3) is 0 Å². The zero-order valence-corrected chi connectivity index (χ0v) is 14.7. The maximum atomic E-state index is 13.3. The molecule has 0 aliphatic rings. The van der Waals surface area contributed by atoms with Crippen LogP contribution in [0.1, 0.15) is 48.0 Å². The summed E-state index contributed by atoms with van der Waals surface area (Å²) in [5, 5.41) is 12.6.